The van der Waals surface area contributed by atoms with E-state index in [1.165, 1.54) is 4.90 Å². The number of hydrogen-bond acceptors (Lipinski definition) is 3. The highest BCUT2D eigenvalue weighted by Gasteiger charge is 2.32. The summed E-state index contributed by atoms with van der Waals surface area (Å²) in [4.78, 5) is 5.70. The van der Waals surface area contributed by atoms with E-state index in [0.717, 1.165) is 31.4 Å². The van der Waals surface area contributed by atoms with Crippen LogP contribution in [0.3, 0.4) is 0 Å². The maximum Gasteiger partial charge on any atom is 0.401 e. The molecule has 1 fully saturated rings. The van der Waals surface area contributed by atoms with Gasteiger partial charge in [0, 0.05) is 30.7 Å². The number of rotatable bonds is 7. The van der Waals surface area contributed by atoms with Crippen LogP contribution in [0.2, 0.25) is 5.02 Å². The lowest BCUT2D eigenvalue weighted by atomic mass is 9.93. The number of ether oxygens (including phenoxy) is 1. The highest BCUT2D eigenvalue weighted by Crippen LogP contribution is 2.24. The van der Waals surface area contributed by atoms with Crippen LogP contribution in [0.4, 0.5) is 13.2 Å². The molecule has 2 rings (SSSR count). The number of alkyl halides is 3. The van der Waals surface area contributed by atoms with Gasteiger partial charge in [-0.1, -0.05) is 17.7 Å². The fraction of sp³-hybridized carbons (Fsp3) is 0.632. The van der Waals surface area contributed by atoms with Crippen molar-refractivity contribution < 1.29 is 17.9 Å². The SMILES string of the molecule is CN=C(NCCC1CCN(CC(F)(F)F)CC1)NCc1ccc(Cl)cc1OC. The largest absolute Gasteiger partial charge is 0.496 e. The minimum absolute atomic E-state index is 0.437. The van der Waals surface area contributed by atoms with Gasteiger partial charge in [0.1, 0.15) is 5.75 Å². The van der Waals surface area contributed by atoms with Gasteiger partial charge in [0.15, 0.2) is 5.96 Å². The minimum Gasteiger partial charge on any atom is -0.496 e. The van der Waals surface area contributed by atoms with Gasteiger partial charge in [-0.15, -0.1) is 0 Å². The molecule has 2 N–H and O–H groups in total. The van der Waals surface area contributed by atoms with E-state index in [9.17, 15) is 13.2 Å². The molecular formula is C19H28ClF3N4O. The quantitative estimate of drug-likeness (QED) is 0.522. The lowest BCUT2D eigenvalue weighted by Gasteiger charge is -2.32. The van der Waals surface area contributed by atoms with Crippen molar-refractivity contribution >= 4 is 17.6 Å². The fourth-order valence-corrected chi connectivity index (χ4v) is 3.51. The zero-order chi connectivity index (χ0) is 20.6. The zero-order valence-corrected chi connectivity index (χ0v) is 17.0. The Morgan fingerprint density at radius 1 is 1.29 bits per heavy atom. The molecule has 1 aromatic carbocycles. The van der Waals surface area contributed by atoms with Gasteiger partial charge < -0.3 is 15.4 Å². The van der Waals surface area contributed by atoms with Gasteiger partial charge in [0.2, 0.25) is 0 Å². The number of nitrogens with zero attached hydrogens (tertiary/aromatic N) is 2. The van der Waals surface area contributed by atoms with Gasteiger partial charge in [-0.25, -0.2) is 0 Å². The predicted octanol–water partition coefficient (Wildman–Crippen LogP) is 3.68. The molecule has 28 heavy (non-hydrogen) atoms. The molecule has 0 aliphatic carbocycles. The van der Waals surface area contributed by atoms with Gasteiger partial charge in [0.05, 0.1) is 13.7 Å². The minimum atomic E-state index is -4.11. The topological polar surface area (TPSA) is 48.9 Å². The van der Waals surface area contributed by atoms with Crippen LogP contribution in [0.1, 0.15) is 24.8 Å². The van der Waals surface area contributed by atoms with E-state index in [4.69, 9.17) is 16.3 Å². The highest BCUT2D eigenvalue weighted by molar-refractivity contribution is 6.30. The standard InChI is InChI=1S/C19H28ClF3N4O/c1-24-18(26-12-15-3-4-16(20)11-17(15)28-2)25-8-5-14-6-9-27(10-7-14)13-19(21,22)23/h3-4,11,14H,5-10,12-13H2,1-2H3,(H2,24,25,26). The maximum absolute atomic E-state index is 12.4. The van der Waals surface area contributed by atoms with Crippen molar-refractivity contribution in [2.24, 2.45) is 10.9 Å². The Bertz CT molecular complexity index is 647. The van der Waals surface area contributed by atoms with Crippen LogP contribution in [-0.2, 0) is 6.54 Å². The molecule has 0 bridgehead atoms. The average Bonchev–Trinajstić information content (AvgIpc) is 2.65. The zero-order valence-electron chi connectivity index (χ0n) is 16.3. The molecule has 1 aliphatic heterocycles. The first kappa shape index (κ1) is 22.6. The van der Waals surface area contributed by atoms with Crippen molar-refractivity contribution in [3.63, 3.8) is 0 Å². The molecule has 0 amide bonds. The fourth-order valence-electron chi connectivity index (χ4n) is 3.35. The van der Waals surface area contributed by atoms with E-state index in [-0.39, 0.29) is 0 Å². The summed E-state index contributed by atoms with van der Waals surface area (Å²) in [5.41, 5.74) is 0.965. The molecular weight excluding hydrogens is 393 g/mol. The highest BCUT2D eigenvalue weighted by atomic mass is 35.5. The number of methoxy groups -OCH3 is 1. The van der Waals surface area contributed by atoms with Crippen LogP contribution >= 0.6 is 11.6 Å². The summed E-state index contributed by atoms with van der Waals surface area (Å²) in [6, 6.07) is 5.47. The Morgan fingerprint density at radius 3 is 2.61 bits per heavy atom. The summed E-state index contributed by atoms with van der Waals surface area (Å²) in [6.45, 7) is 1.47. The number of halogens is 4. The molecule has 1 saturated heterocycles. The van der Waals surface area contributed by atoms with E-state index >= 15 is 0 Å². The van der Waals surface area contributed by atoms with Crippen molar-refractivity contribution in [3.05, 3.63) is 28.8 Å². The number of benzene rings is 1. The van der Waals surface area contributed by atoms with Gasteiger partial charge in [-0.2, -0.15) is 13.2 Å². The maximum atomic E-state index is 12.4. The normalized spacial score (nSPS) is 16.9. The Hall–Kier alpha value is -1.67. The van der Waals surface area contributed by atoms with Crippen molar-refractivity contribution in [1.82, 2.24) is 15.5 Å². The molecule has 0 saturated carbocycles. The van der Waals surface area contributed by atoms with Crippen LogP contribution in [0.25, 0.3) is 0 Å². The predicted molar refractivity (Wildman–Crippen MR) is 106 cm³/mol. The number of aliphatic imine (C=N–C) groups is 1. The van der Waals surface area contributed by atoms with Gasteiger partial charge in [0.25, 0.3) is 0 Å². The summed E-state index contributed by atoms with van der Waals surface area (Å²) in [7, 11) is 3.30. The first-order valence-electron chi connectivity index (χ1n) is 9.36. The van der Waals surface area contributed by atoms with Gasteiger partial charge in [-0.05, 0) is 50.4 Å². The summed E-state index contributed by atoms with van der Waals surface area (Å²) >= 11 is 5.97. The van der Waals surface area contributed by atoms with Crippen molar-refractivity contribution in [1.29, 1.82) is 0 Å². The molecule has 0 unspecified atom stereocenters. The molecule has 5 nitrogen and oxygen atoms in total. The van der Waals surface area contributed by atoms with E-state index < -0.39 is 12.7 Å². The molecule has 0 atom stereocenters. The van der Waals surface area contributed by atoms with Crippen LogP contribution in [0.5, 0.6) is 5.75 Å². The Balaban J connectivity index is 1.69. The monoisotopic (exact) mass is 420 g/mol. The molecule has 1 heterocycles. The van der Waals surface area contributed by atoms with Crippen LogP contribution in [0, 0.1) is 5.92 Å². The third-order valence-electron chi connectivity index (χ3n) is 4.87. The first-order chi connectivity index (χ1) is 13.3. The summed E-state index contributed by atoms with van der Waals surface area (Å²) in [6.07, 6.45) is -1.61. The Morgan fingerprint density at radius 2 is 2.00 bits per heavy atom. The third kappa shape index (κ3) is 7.75. The lowest BCUT2D eigenvalue weighted by molar-refractivity contribution is -0.148. The van der Waals surface area contributed by atoms with E-state index in [1.54, 1.807) is 20.2 Å². The molecule has 0 radical (unpaired) electrons. The third-order valence-corrected chi connectivity index (χ3v) is 5.11. The van der Waals surface area contributed by atoms with E-state index in [1.807, 2.05) is 12.1 Å². The second-order valence-corrected chi connectivity index (χ2v) is 7.37. The average molecular weight is 421 g/mol. The summed E-state index contributed by atoms with van der Waals surface area (Å²) < 4.78 is 42.7. The molecule has 9 heteroatoms. The molecule has 0 spiro atoms. The van der Waals surface area contributed by atoms with Gasteiger partial charge in [-0.3, -0.25) is 9.89 Å². The number of nitrogens with one attached hydrogen (secondary N) is 2. The van der Waals surface area contributed by atoms with Crippen molar-refractivity contribution in [2.75, 3.05) is 40.3 Å². The van der Waals surface area contributed by atoms with Crippen LogP contribution in [-0.4, -0.2) is 57.4 Å². The molecule has 1 aromatic rings. The smallest absolute Gasteiger partial charge is 0.401 e. The van der Waals surface area contributed by atoms with E-state index in [2.05, 4.69) is 15.6 Å². The molecule has 0 aromatic heterocycles. The molecule has 1 aliphatic rings. The Kier molecular flexibility index (Phi) is 8.69. The summed E-state index contributed by atoms with van der Waals surface area (Å²) in [5, 5.41) is 7.11. The number of likely N-dealkylation sites (tertiary alicyclic amines) is 1. The lowest BCUT2D eigenvalue weighted by Crippen LogP contribution is -2.41. The van der Waals surface area contributed by atoms with Gasteiger partial charge >= 0.3 is 6.18 Å². The Labute approximate surface area is 169 Å². The van der Waals surface area contributed by atoms with Crippen LogP contribution in [0.15, 0.2) is 23.2 Å². The first-order valence-corrected chi connectivity index (χ1v) is 9.74. The number of piperidine rings is 1. The molecule has 158 valence electrons. The number of guanidine groups is 1. The van der Waals surface area contributed by atoms with E-state index in [0.29, 0.717) is 42.3 Å². The number of hydrogen-bond donors (Lipinski definition) is 2. The summed E-state index contributed by atoms with van der Waals surface area (Å²) in [5.74, 6) is 1.82. The van der Waals surface area contributed by atoms with Crippen molar-refractivity contribution in [3.8, 4) is 5.75 Å². The van der Waals surface area contributed by atoms with Crippen LogP contribution < -0.4 is 15.4 Å². The van der Waals surface area contributed by atoms with Crippen molar-refractivity contribution in [2.45, 2.75) is 32.0 Å². The second kappa shape index (κ2) is 10.8. The second-order valence-electron chi connectivity index (χ2n) is 6.93.